The minimum absolute atomic E-state index is 0.125. The Kier molecular flexibility index (Phi) is 8.76. The first-order valence-electron chi connectivity index (χ1n) is 12.0. The zero-order chi connectivity index (χ0) is 27.2. The summed E-state index contributed by atoms with van der Waals surface area (Å²) in [6.45, 7) is 5.70. The Hall–Kier alpha value is -3.75. The zero-order valence-corrected chi connectivity index (χ0v) is 23.2. The largest absolute Gasteiger partial charge is 0.496 e. The van der Waals surface area contributed by atoms with Gasteiger partial charge in [0.25, 0.3) is 5.91 Å². The third kappa shape index (κ3) is 6.57. The van der Waals surface area contributed by atoms with E-state index in [9.17, 15) is 9.59 Å². The minimum atomic E-state index is -0.587. The van der Waals surface area contributed by atoms with E-state index in [0.29, 0.717) is 38.6 Å². The van der Waals surface area contributed by atoms with E-state index in [1.807, 2.05) is 81.4 Å². The highest BCUT2D eigenvalue weighted by Crippen LogP contribution is 2.35. The first-order chi connectivity index (χ1) is 18.2. The molecule has 0 aromatic heterocycles. The van der Waals surface area contributed by atoms with Crippen LogP contribution >= 0.6 is 23.4 Å². The van der Waals surface area contributed by atoms with Crippen LogP contribution in [0.5, 0.6) is 5.75 Å². The highest BCUT2D eigenvalue weighted by molar-refractivity contribution is 8.14. The highest BCUT2D eigenvalue weighted by Gasteiger charge is 2.30. The van der Waals surface area contributed by atoms with Crippen LogP contribution in [0.2, 0.25) is 5.02 Å². The molecule has 2 amide bonds. The Balaban J connectivity index is 1.56. The van der Waals surface area contributed by atoms with E-state index in [1.165, 1.54) is 11.8 Å². The van der Waals surface area contributed by atoms with E-state index in [2.05, 4.69) is 16.0 Å². The number of anilines is 2. The molecule has 9 heteroatoms. The van der Waals surface area contributed by atoms with Crippen molar-refractivity contribution in [2.24, 2.45) is 4.99 Å². The molecule has 3 N–H and O–H groups in total. The molecule has 1 atom stereocenters. The van der Waals surface area contributed by atoms with Crippen LogP contribution in [0.4, 0.5) is 11.4 Å². The monoisotopic (exact) mass is 548 g/mol. The molecular weight excluding hydrogens is 520 g/mol. The van der Waals surface area contributed by atoms with Gasteiger partial charge in [0.2, 0.25) is 5.91 Å². The number of amidine groups is 1. The number of benzene rings is 3. The van der Waals surface area contributed by atoms with Gasteiger partial charge in [-0.3, -0.25) is 9.59 Å². The van der Waals surface area contributed by atoms with E-state index < -0.39 is 6.04 Å². The number of rotatable bonds is 7. The molecule has 0 bridgehead atoms. The molecule has 0 aliphatic carbocycles. The fourth-order valence-corrected chi connectivity index (χ4v) is 4.91. The van der Waals surface area contributed by atoms with Gasteiger partial charge in [-0.2, -0.15) is 0 Å². The maximum atomic E-state index is 13.4. The smallest absolute Gasteiger partial charge is 0.255 e. The molecule has 1 aliphatic rings. The summed E-state index contributed by atoms with van der Waals surface area (Å²) in [5, 5.41) is 10.2. The van der Waals surface area contributed by atoms with Gasteiger partial charge in [0.15, 0.2) is 5.17 Å². The lowest BCUT2D eigenvalue weighted by Crippen LogP contribution is -2.32. The number of hydrogen-bond donors (Lipinski definition) is 3. The third-order valence-electron chi connectivity index (χ3n) is 6.04. The van der Waals surface area contributed by atoms with Crippen molar-refractivity contribution in [3.05, 3.63) is 99.7 Å². The molecule has 7 nitrogen and oxygen atoms in total. The summed E-state index contributed by atoms with van der Waals surface area (Å²) in [7, 11) is 1.61. The van der Waals surface area contributed by atoms with Crippen molar-refractivity contribution in [1.82, 2.24) is 5.32 Å². The first-order valence-corrected chi connectivity index (χ1v) is 13.4. The van der Waals surface area contributed by atoms with Crippen LogP contribution in [0.1, 0.15) is 29.7 Å². The number of aryl methyl sites for hydroxylation is 2. The number of methoxy groups -OCH3 is 1. The minimum Gasteiger partial charge on any atom is -0.496 e. The van der Waals surface area contributed by atoms with Gasteiger partial charge in [-0.05, 0) is 67.8 Å². The molecular formula is C29H29ClN4O3S. The second-order valence-electron chi connectivity index (χ2n) is 8.85. The lowest BCUT2D eigenvalue weighted by Gasteiger charge is -2.27. The third-order valence-corrected chi connectivity index (χ3v) is 7.33. The Labute approximate surface area is 231 Å². The summed E-state index contributed by atoms with van der Waals surface area (Å²) in [4.78, 5) is 30.9. The summed E-state index contributed by atoms with van der Waals surface area (Å²) in [6.07, 6.45) is 0. The van der Waals surface area contributed by atoms with Crippen molar-refractivity contribution in [3.8, 4) is 5.75 Å². The Morgan fingerprint density at radius 3 is 2.42 bits per heavy atom. The Morgan fingerprint density at radius 2 is 1.71 bits per heavy atom. The molecule has 0 unspecified atom stereocenters. The molecule has 1 heterocycles. The summed E-state index contributed by atoms with van der Waals surface area (Å²) >= 11 is 7.44. The standard InChI is InChI=1S/C29H29ClN4O3S/c1-17-11-13-22(15-23(17)30)32-25(35)16-38-29-31-19(3)26(28(36)33-21-8-6-5-7-9-21)27(34-29)20-12-10-18(2)24(14-20)37-4/h5-15,27H,16H2,1-4H3,(H,31,34)(H,32,35)(H,33,36)/t27-/m1/s1. The van der Waals surface area contributed by atoms with Crippen LogP contribution in [-0.2, 0) is 9.59 Å². The number of para-hydroxylation sites is 1. The van der Waals surface area contributed by atoms with Crippen molar-refractivity contribution in [2.45, 2.75) is 26.8 Å². The number of aliphatic imine (C=N–C) groups is 1. The van der Waals surface area contributed by atoms with Gasteiger partial charge in [0.1, 0.15) is 11.8 Å². The van der Waals surface area contributed by atoms with Crippen molar-refractivity contribution in [3.63, 3.8) is 0 Å². The molecule has 38 heavy (non-hydrogen) atoms. The summed E-state index contributed by atoms with van der Waals surface area (Å²) in [6, 6.07) is 19.9. The number of ether oxygens (including phenoxy) is 1. The molecule has 3 aromatic rings. The molecule has 1 aliphatic heterocycles. The fraction of sp³-hybridized carbons (Fsp3) is 0.207. The van der Waals surface area contributed by atoms with Crippen LogP contribution < -0.4 is 20.7 Å². The summed E-state index contributed by atoms with van der Waals surface area (Å²) in [5.41, 5.74) is 5.19. The van der Waals surface area contributed by atoms with E-state index in [1.54, 1.807) is 13.2 Å². The molecule has 0 saturated carbocycles. The number of amides is 2. The Morgan fingerprint density at radius 1 is 0.974 bits per heavy atom. The second kappa shape index (κ2) is 12.2. The number of thioether (sulfide) groups is 1. The molecule has 0 fully saturated rings. The number of carbonyl (C=O) groups excluding carboxylic acids is 2. The normalized spacial score (nSPS) is 14.9. The number of nitrogens with zero attached hydrogens (tertiary/aromatic N) is 1. The predicted octanol–water partition coefficient (Wildman–Crippen LogP) is 6.25. The van der Waals surface area contributed by atoms with Crippen LogP contribution in [0.15, 0.2) is 83.0 Å². The predicted molar refractivity (Wildman–Crippen MR) is 156 cm³/mol. The molecule has 0 spiro atoms. The Bertz CT molecular complexity index is 1420. The molecule has 3 aromatic carbocycles. The fourth-order valence-electron chi connectivity index (χ4n) is 3.98. The van der Waals surface area contributed by atoms with E-state index in [-0.39, 0.29) is 17.6 Å². The van der Waals surface area contributed by atoms with E-state index >= 15 is 0 Å². The van der Waals surface area contributed by atoms with Gasteiger partial charge < -0.3 is 20.7 Å². The van der Waals surface area contributed by atoms with Gasteiger partial charge in [-0.1, -0.05) is 59.8 Å². The molecule has 0 radical (unpaired) electrons. The average molecular weight is 549 g/mol. The number of allylic oxidation sites excluding steroid dienone is 1. The zero-order valence-electron chi connectivity index (χ0n) is 21.6. The van der Waals surface area contributed by atoms with Crippen molar-refractivity contribution < 1.29 is 14.3 Å². The van der Waals surface area contributed by atoms with Crippen LogP contribution in [-0.4, -0.2) is 29.8 Å². The molecule has 4 rings (SSSR count). The van der Waals surface area contributed by atoms with E-state index in [4.69, 9.17) is 21.3 Å². The summed E-state index contributed by atoms with van der Waals surface area (Å²) < 4.78 is 5.52. The molecule has 196 valence electrons. The van der Waals surface area contributed by atoms with Gasteiger partial charge in [0.05, 0.1) is 18.4 Å². The average Bonchev–Trinajstić information content (AvgIpc) is 2.90. The van der Waals surface area contributed by atoms with Gasteiger partial charge >= 0.3 is 0 Å². The maximum absolute atomic E-state index is 13.4. The maximum Gasteiger partial charge on any atom is 0.255 e. The number of carbonyl (C=O) groups is 2. The molecule has 0 saturated heterocycles. The first kappa shape index (κ1) is 27.3. The van der Waals surface area contributed by atoms with Crippen molar-refractivity contribution >= 4 is 51.7 Å². The quantitative estimate of drug-likeness (QED) is 0.324. The lowest BCUT2D eigenvalue weighted by molar-refractivity contribution is -0.114. The van der Waals surface area contributed by atoms with Gasteiger partial charge in [-0.15, -0.1) is 0 Å². The van der Waals surface area contributed by atoms with Crippen LogP contribution in [0, 0.1) is 13.8 Å². The van der Waals surface area contributed by atoms with E-state index in [0.717, 1.165) is 16.7 Å². The van der Waals surface area contributed by atoms with Crippen molar-refractivity contribution in [1.29, 1.82) is 0 Å². The SMILES string of the molecule is COc1cc([C@H]2N=C(SCC(=O)Nc3ccc(C)c(Cl)c3)NC(C)=C2C(=O)Nc2ccccc2)ccc1C. The van der Waals surface area contributed by atoms with Crippen LogP contribution in [0.3, 0.4) is 0 Å². The number of hydrogen-bond acceptors (Lipinski definition) is 6. The highest BCUT2D eigenvalue weighted by atomic mass is 35.5. The van der Waals surface area contributed by atoms with Gasteiger partial charge in [-0.25, -0.2) is 4.99 Å². The van der Waals surface area contributed by atoms with Gasteiger partial charge in [0, 0.05) is 22.1 Å². The second-order valence-corrected chi connectivity index (χ2v) is 10.2. The topological polar surface area (TPSA) is 91.8 Å². The van der Waals surface area contributed by atoms with Crippen LogP contribution in [0.25, 0.3) is 0 Å². The summed E-state index contributed by atoms with van der Waals surface area (Å²) in [5.74, 6) is 0.386. The number of halogens is 1. The van der Waals surface area contributed by atoms with Crippen molar-refractivity contribution in [2.75, 3.05) is 23.5 Å². The number of nitrogens with one attached hydrogen (secondary N) is 3. The lowest BCUT2D eigenvalue weighted by atomic mass is 9.94.